The number of halogens is 2. The minimum atomic E-state index is -2.50. The molecule has 0 aliphatic rings. The molecule has 0 aliphatic heterocycles. The van der Waals surface area contributed by atoms with Crippen LogP contribution in [0.15, 0.2) is 18.2 Å². The molecule has 0 unspecified atom stereocenters. The molecule has 1 aromatic rings. The molecule has 19 heavy (non-hydrogen) atoms. The van der Waals surface area contributed by atoms with E-state index in [2.05, 4.69) is 5.32 Å². The van der Waals surface area contributed by atoms with Crippen molar-refractivity contribution in [2.45, 2.75) is 39.8 Å². The Hall–Kier alpha value is -1.36. The summed E-state index contributed by atoms with van der Waals surface area (Å²) >= 11 is 0. The zero-order valence-electron chi connectivity index (χ0n) is 11.6. The summed E-state index contributed by atoms with van der Waals surface area (Å²) in [5, 5.41) is 3.24. The molecule has 108 valence electrons. The van der Waals surface area contributed by atoms with Gasteiger partial charge in [0, 0.05) is 18.2 Å². The number of hydrogen-bond donors (Lipinski definition) is 1. The van der Waals surface area contributed by atoms with Crippen molar-refractivity contribution in [1.82, 2.24) is 5.32 Å². The van der Waals surface area contributed by atoms with E-state index in [1.54, 1.807) is 6.07 Å². The first kappa shape index (κ1) is 15.7. The van der Waals surface area contributed by atoms with Gasteiger partial charge in [-0.2, -0.15) is 0 Å². The van der Waals surface area contributed by atoms with E-state index in [1.165, 1.54) is 0 Å². The quantitative estimate of drug-likeness (QED) is 0.789. The predicted molar refractivity (Wildman–Crippen MR) is 71.1 cm³/mol. The van der Waals surface area contributed by atoms with E-state index in [0.29, 0.717) is 30.7 Å². The fraction of sp³-hybridized carbons (Fsp3) is 0.571. The Labute approximate surface area is 112 Å². The van der Waals surface area contributed by atoms with Gasteiger partial charge >= 0.3 is 0 Å². The van der Waals surface area contributed by atoms with Gasteiger partial charge in [-0.05, 0) is 13.0 Å². The van der Waals surface area contributed by atoms with E-state index >= 15 is 0 Å². The topological polar surface area (TPSA) is 30.5 Å². The zero-order chi connectivity index (χ0) is 14.3. The molecule has 5 heteroatoms. The van der Waals surface area contributed by atoms with Gasteiger partial charge in [-0.15, -0.1) is 0 Å². The molecule has 0 saturated carbocycles. The molecule has 0 fully saturated rings. The SMILES string of the molecule is CCOc1cccc(CNC(C)C)c1OCC(F)F. The van der Waals surface area contributed by atoms with Crippen LogP contribution in [-0.4, -0.2) is 25.7 Å². The number of para-hydroxylation sites is 1. The van der Waals surface area contributed by atoms with Crippen molar-refractivity contribution in [2.24, 2.45) is 0 Å². The molecule has 0 aliphatic carbocycles. The monoisotopic (exact) mass is 273 g/mol. The number of ether oxygens (including phenoxy) is 2. The first-order valence-electron chi connectivity index (χ1n) is 6.43. The Morgan fingerprint density at radius 2 is 1.95 bits per heavy atom. The molecular formula is C14H21F2NO2. The summed E-state index contributed by atoms with van der Waals surface area (Å²) in [6.07, 6.45) is -2.50. The van der Waals surface area contributed by atoms with Crippen molar-refractivity contribution in [1.29, 1.82) is 0 Å². The lowest BCUT2D eigenvalue weighted by Crippen LogP contribution is -2.22. The van der Waals surface area contributed by atoms with Crippen molar-refractivity contribution in [3.63, 3.8) is 0 Å². The van der Waals surface area contributed by atoms with Crippen LogP contribution in [0.25, 0.3) is 0 Å². The van der Waals surface area contributed by atoms with Crippen molar-refractivity contribution >= 4 is 0 Å². The van der Waals surface area contributed by atoms with Crippen LogP contribution in [0.5, 0.6) is 11.5 Å². The molecule has 1 N–H and O–H groups in total. The second-order valence-electron chi connectivity index (χ2n) is 4.42. The van der Waals surface area contributed by atoms with E-state index in [4.69, 9.17) is 9.47 Å². The van der Waals surface area contributed by atoms with Crippen LogP contribution in [-0.2, 0) is 6.54 Å². The van der Waals surface area contributed by atoms with Gasteiger partial charge in [0.25, 0.3) is 6.43 Å². The number of alkyl halides is 2. The smallest absolute Gasteiger partial charge is 0.272 e. The average Bonchev–Trinajstić information content (AvgIpc) is 2.35. The Bertz CT molecular complexity index is 384. The van der Waals surface area contributed by atoms with E-state index in [1.807, 2.05) is 32.9 Å². The highest BCUT2D eigenvalue weighted by atomic mass is 19.3. The highest BCUT2D eigenvalue weighted by molar-refractivity contribution is 5.46. The van der Waals surface area contributed by atoms with Gasteiger partial charge in [0.2, 0.25) is 0 Å². The van der Waals surface area contributed by atoms with Gasteiger partial charge < -0.3 is 14.8 Å². The molecule has 1 rings (SSSR count). The van der Waals surface area contributed by atoms with Gasteiger partial charge in [-0.1, -0.05) is 26.0 Å². The third kappa shape index (κ3) is 5.42. The van der Waals surface area contributed by atoms with E-state index in [-0.39, 0.29) is 0 Å². The van der Waals surface area contributed by atoms with Crippen molar-refractivity contribution in [3.8, 4) is 11.5 Å². The fourth-order valence-electron chi connectivity index (χ4n) is 1.59. The Morgan fingerprint density at radius 3 is 2.53 bits per heavy atom. The molecule has 0 spiro atoms. The van der Waals surface area contributed by atoms with Crippen LogP contribution in [0, 0.1) is 0 Å². The lowest BCUT2D eigenvalue weighted by molar-refractivity contribution is 0.0795. The van der Waals surface area contributed by atoms with Crippen LogP contribution < -0.4 is 14.8 Å². The van der Waals surface area contributed by atoms with Gasteiger partial charge in [0.1, 0.15) is 6.61 Å². The van der Waals surface area contributed by atoms with Crippen LogP contribution in [0.2, 0.25) is 0 Å². The molecule has 0 atom stereocenters. The second-order valence-corrected chi connectivity index (χ2v) is 4.42. The number of benzene rings is 1. The normalized spacial score (nSPS) is 11.1. The lowest BCUT2D eigenvalue weighted by Gasteiger charge is -2.17. The third-order valence-electron chi connectivity index (χ3n) is 2.41. The van der Waals surface area contributed by atoms with Crippen molar-refractivity contribution in [2.75, 3.05) is 13.2 Å². The van der Waals surface area contributed by atoms with Gasteiger partial charge in [-0.3, -0.25) is 0 Å². The largest absolute Gasteiger partial charge is 0.490 e. The number of hydrogen-bond acceptors (Lipinski definition) is 3. The molecule has 0 amide bonds. The summed E-state index contributed by atoms with van der Waals surface area (Å²) in [6, 6.07) is 5.71. The molecule has 0 aromatic heterocycles. The van der Waals surface area contributed by atoms with Crippen LogP contribution in [0.4, 0.5) is 8.78 Å². The summed E-state index contributed by atoms with van der Waals surface area (Å²) in [5.41, 5.74) is 0.820. The highest BCUT2D eigenvalue weighted by Crippen LogP contribution is 2.31. The second kappa shape index (κ2) is 7.94. The molecule has 0 radical (unpaired) electrons. The van der Waals surface area contributed by atoms with Crippen molar-refractivity contribution in [3.05, 3.63) is 23.8 Å². The maximum atomic E-state index is 12.3. The van der Waals surface area contributed by atoms with Crippen molar-refractivity contribution < 1.29 is 18.3 Å². The zero-order valence-corrected chi connectivity index (χ0v) is 11.6. The molecule has 0 heterocycles. The van der Waals surface area contributed by atoms with Crippen LogP contribution in [0.3, 0.4) is 0 Å². The lowest BCUT2D eigenvalue weighted by atomic mass is 10.1. The Balaban J connectivity index is 2.89. The average molecular weight is 273 g/mol. The van der Waals surface area contributed by atoms with Gasteiger partial charge in [0.05, 0.1) is 6.61 Å². The Kier molecular flexibility index (Phi) is 6.56. The fourth-order valence-corrected chi connectivity index (χ4v) is 1.59. The summed E-state index contributed by atoms with van der Waals surface area (Å²) in [4.78, 5) is 0. The maximum absolute atomic E-state index is 12.3. The standard InChI is InChI=1S/C14H21F2NO2/c1-4-18-12-7-5-6-11(8-17-10(2)3)14(12)19-9-13(15)16/h5-7,10,13,17H,4,8-9H2,1-3H3. The third-order valence-corrected chi connectivity index (χ3v) is 2.41. The molecule has 1 aromatic carbocycles. The summed E-state index contributed by atoms with van der Waals surface area (Å²) < 4.78 is 35.2. The van der Waals surface area contributed by atoms with E-state index in [9.17, 15) is 8.78 Å². The van der Waals surface area contributed by atoms with Gasteiger partial charge in [-0.25, -0.2) is 8.78 Å². The summed E-state index contributed by atoms with van der Waals surface area (Å²) in [6.45, 7) is 6.27. The van der Waals surface area contributed by atoms with Gasteiger partial charge in [0.15, 0.2) is 11.5 Å². The van der Waals surface area contributed by atoms with E-state index in [0.717, 1.165) is 5.56 Å². The van der Waals surface area contributed by atoms with Crippen LogP contribution in [0.1, 0.15) is 26.3 Å². The Morgan fingerprint density at radius 1 is 1.21 bits per heavy atom. The predicted octanol–water partition coefficient (Wildman–Crippen LogP) is 3.23. The highest BCUT2D eigenvalue weighted by Gasteiger charge is 2.13. The molecule has 0 bridgehead atoms. The summed E-state index contributed by atoms with van der Waals surface area (Å²) in [7, 11) is 0. The van der Waals surface area contributed by atoms with E-state index < -0.39 is 13.0 Å². The molecular weight excluding hydrogens is 252 g/mol. The molecule has 3 nitrogen and oxygen atoms in total. The minimum absolute atomic E-state index is 0.304. The first-order chi connectivity index (χ1) is 9.04. The number of nitrogens with one attached hydrogen (secondary N) is 1. The number of rotatable bonds is 8. The van der Waals surface area contributed by atoms with Crippen LogP contribution >= 0.6 is 0 Å². The first-order valence-corrected chi connectivity index (χ1v) is 6.43. The molecule has 0 saturated heterocycles. The minimum Gasteiger partial charge on any atom is -0.490 e. The summed E-state index contributed by atoms with van der Waals surface area (Å²) in [5.74, 6) is 0.906. The maximum Gasteiger partial charge on any atom is 0.272 e.